The van der Waals surface area contributed by atoms with Gasteiger partial charge in [0, 0.05) is 4.90 Å². The number of aliphatic hydroxyl groups excluding tert-OH is 1. The maximum Gasteiger partial charge on any atom is 0.123 e. The fourth-order valence-corrected chi connectivity index (χ4v) is 2.65. The molecule has 0 aromatic heterocycles. The Hall–Kier alpha value is -1.70. The van der Waals surface area contributed by atoms with Crippen LogP contribution in [0.5, 0.6) is 0 Å². The summed E-state index contributed by atoms with van der Waals surface area (Å²) in [6, 6.07) is 11.8. The van der Waals surface area contributed by atoms with Crippen LogP contribution in [0.4, 0.5) is 0 Å². The molecule has 0 amide bonds. The summed E-state index contributed by atoms with van der Waals surface area (Å²) in [5, 5.41) is 19.9. The van der Waals surface area contributed by atoms with Crippen LogP contribution < -0.4 is 0 Å². The van der Waals surface area contributed by atoms with E-state index in [9.17, 15) is 10.4 Å². The molecule has 0 fully saturated rings. The van der Waals surface area contributed by atoms with Gasteiger partial charge in [0.15, 0.2) is 0 Å². The number of hydrogen-bond donors (Lipinski definition) is 1. The molecule has 0 aliphatic carbocycles. The molecule has 0 spiro atoms. The summed E-state index contributed by atoms with van der Waals surface area (Å²) in [6.07, 6.45) is 2.35. The molecule has 118 valence electrons. The Labute approximate surface area is 137 Å². The Morgan fingerprint density at radius 1 is 1.36 bits per heavy atom. The number of nitrogens with zero attached hydrogens (tertiary/aromatic N) is 1. The van der Waals surface area contributed by atoms with Crippen LogP contribution in [0.15, 0.2) is 58.0 Å². The van der Waals surface area contributed by atoms with E-state index in [0.29, 0.717) is 17.1 Å². The first-order valence-electron chi connectivity index (χ1n) is 7.23. The van der Waals surface area contributed by atoms with Crippen molar-refractivity contribution < 1.29 is 9.84 Å². The third-order valence-electron chi connectivity index (χ3n) is 2.63. The zero-order valence-corrected chi connectivity index (χ0v) is 14.4. The second-order valence-electron chi connectivity index (χ2n) is 5.87. The van der Waals surface area contributed by atoms with Crippen LogP contribution in [0.1, 0.15) is 27.7 Å². The molecule has 22 heavy (non-hydrogen) atoms. The average Bonchev–Trinajstić information content (AvgIpc) is 2.48. The highest BCUT2D eigenvalue weighted by Crippen LogP contribution is 2.32. The van der Waals surface area contributed by atoms with E-state index in [4.69, 9.17) is 4.74 Å². The zero-order chi connectivity index (χ0) is 16.6. The highest BCUT2D eigenvalue weighted by atomic mass is 32.2. The van der Waals surface area contributed by atoms with Crippen molar-refractivity contribution in [3.05, 3.63) is 53.1 Å². The van der Waals surface area contributed by atoms with Gasteiger partial charge in [-0.15, -0.1) is 0 Å². The predicted molar refractivity (Wildman–Crippen MR) is 91.2 cm³/mol. The SMILES string of the molecule is CCOC=C(Sc1ccccc1)C(O)C(C#N)=CC(C)(C)C. The smallest absolute Gasteiger partial charge is 0.123 e. The van der Waals surface area contributed by atoms with Gasteiger partial charge in [0.05, 0.1) is 29.4 Å². The number of thioether (sulfide) groups is 1. The van der Waals surface area contributed by atoms with Crippen molar-refractivity contribution in [2.24, 2.45) is 5.41 Å². The normalized spacial score (nSPS) is 14.4. The summed E-state index contributed by atoms with van der Waals surface area (Å²) < 4.78 is 5.33. The first-order chi connectivity index (χ1) is 10.4. The van der Waals surface area contributed by atoms with E-state index in [1.54, 1.807) is 6.08 Å². The van der Waals surface area contributed by atoms with Gasteiger partial charge in [0.25, 0.3) is 0 Å². The zero-order valence-electron chi connectivity index (χ0n) is 13.5. The molecule has 0 heterocycles. The molecule has 1 aromatic carbocycles. The molecule has 0 aliphatic rings. The molecule has 1 atom stereocenters. The maximum atomic E-state index is 10.6. The first-order valence-corrected chi connectivity index (χ1v) is 8.04. The second kappa shape index (κ2) is 8.67. The third kappa shape index (κ3) is 6.38. The largest absolute Gasteiger partial charge is 0.501 e. The van der Waals surface area contributed by atoms with Crippen molar-refractivity contribution in [2.75, 3.05) is 6.61 Å². The molecule has 0 aliphatic heterocycles. The number of allylic oxidation sites excluding steroid dienone is 1. The van der Waals surface area contributed by atoms with E-state index in [-0.39, 0.29) is 5.41 Å². The van der Waals surface area contributed by atoms with Crippen molar-refractivity contribution >= 4 is 11.8 Å². The van der Waals surface area contributed by atoms with Gasteiger partial charge >= 0.3 is 0 Å². The summed E-state index contributed by atoms with van der Waals surface area (Å²) in [6.45, 7) is 8.37. The predicted octanol–water partition coefficient (Wildman–Crippen LogP) is 4.51. The van der Waals surface area contributed by atoms with Crippen LogP contribution in [-0.4, -0.2) is 17.8 Å². The fraction of sp³-hybridized carbons (Fsp3) is 0.389. The average molecular weight is 317 g/mol. The summed E-state index contributed by atoms with van der Waals surface area (Å²) in [5.74, 6) is 0. The minimum atomic E-state index is -0.985. The highest BCUT2D eigenvalue weighted by molar-refractivity contribution is 8.03. The number of benzene rings is 1. The van der Waals surface area contributed by atoms with E-state index in [0.717, 1.165) is 4.90 Å². The van der Waals surface area contributed by atoms with Gasteiger partial charge < -0.3 is 9.84 Å². The van der Waals surface area contributed by atoms with Crippen LogP contribution in [-0.2, 0) is 4.74 Å². The molecule has 3 nitrogen and oxygen atoms in total. The molecular formula is C18H23NO2S. The number of nitriles is 1. The molecule has 1 unspecified atom stereocenters. The summed E-state index contributed by atoms with van der Waals surface area (Å²) in [5.41, 5.74) is 0.155. The minimum Gasteiger partial charge on any atom is -0.501 e. The molecule has 1 aromatic rings. The van der Waals surface area contributed by atoms with Crippen molar-refractivity contribution in [1.82, 2.24) is 0 Å². The van der Waals surface area contributed by atoms with Crippen LogP contribution in [0.2, 0.25) is 0 Å². The van der Waals surface area contributed by atoms with Gasteiger partial charge in [0.2, 0.25) is 0 Å². The highest BCUT2D eigenvalue weighted by Gasteiger charge is 2.20. The Kier molecular flexibility index (Phi) is 7.23. The van der Waals surface area contributed by atoms with Crippen molar-refractivity contribution in [2.45, 2.75) is 38.7 Å². The lowest BCUT2D eigenvalue weighted by atomic mass is 9.92. The number of aliphatic hydroxyl groups is 1. The molecule has 1 rings (SSSR count). The molecular weight excluding hydrogens is 294 g/mol. The topological polar surface area (TPSA) is 53.2 Å². The second-order valence-corrected chi connectivity index (χ2v) is 7.02. The van der Waals surface area contributed by atoms with Gasteiger partial charge in [-0.05, 0) is 24.5 Å². The van der Waals surface area contributed by atoms with E-state index < -0.39 is 6.10 Å². The van der Waals surface area contributed by atoms with Crippen LogP contribution >= 0.6 is 11.8 Å². The lowest BCUT2D eigenvalue weighted by Gasteiger charge is -2.18. The molecule has 0 saturated heterocycles. The number of ether oxygens (including phenoxy) is 1. The monoisotopic (exact) mass is 317 g/mol. The fourth-order valence-electron chi connectivity index (χ4n) is 1.73. The number of rotatable bonds is 6. The van der Waals surface area contributed by atoms with E-state index >= 15 is 0 Å². The van der Waals surface area contributed by atoms with Crippen molar-refractivity contribution in [3.8, 4) is 6.07 Å². The molecule has 1 N–H and O–H groups in total. The van der Waals surface area contributed by atoms with Crippen LogP contribution in [0.3, 0.4) is 0 Å². The van der Waals surface area contributed by atoms with E-state index in [2.05, 4.69) is 6.07 Å². The van der Waals surface area contributed by atoms with Gasteiger partial charge in [-0.1, -0.05) is 56.8 Å². The molecule has 0 saturated carbocycles. The van der Waals surface area contributed by atoms with Gasteiger partial charge in [-0.25, -0.2) is 0 Å². The lowest BCUT2D eigenvalue weighted by molar-refractivity contribution is 0.234. The van der Waals surface area contributed by atoms with Crippen molar-refractivity contribution in [1.29, 1.82) is 5.26 Å². The summed E-state index contributed by atoms with van der Waals surface area (Å²) in [4.78, 5) is 1.59. The van der Waals surface area contributed by atoms with Gasteiger partial charge in [-0.2, -0.15) is 5.26 Å². The minimum absolute atomic E-state index is 0.180. The third-order valence-corrected chi connectivity index (χ3v) is 3.69. The maximum absolute atomic E-state index is 10.6. The van der Waals surface area contributed by atoms with E-state index in [1.165, 1.54) is 18.0 Å². The van der Waals surface area contributed by atoms with E-state index in [1.807, 2.05) is 58.0 Å². The Balaban J connectivity index is 3.06. The summed E-state index contributed by atoms with van der Waals surface area (Å²) >= 11 is 1.40. The van der Waals surface area contributed by atoms with Crippen LogP contribution in [0, 0.1) is 16.7 Å². The quantitative estimate of drug-likeness (QED) is 0.476. The summed E-state index contributed by atoms with van der Waals surface area (Å²) in [7, 11) is 0. The Morgan fingerprint density at radius 3 is 2.50 bits per heavy atom. The Bertz CT molecular complexity index is 565. The molecule has 4 heteroatoms. The van der Waals surface area contributed by atoms with Crippen LogP contribution in [0.25, 0.3) is 0 Å². The molecule has 0 bridgehead atoms. The van der Waals surface area contributed by atoms with Crippen molar-refractivity contribution in [3.63, 3.8) is 0 Å². The molecule has 0 radical (unpaired) electrons. The standard InChI is InChI=1S/C18H23NO2S/c1-5-21-13-16(22-15-9-7-6-8-10-15)17(20)14(12-19)11-18(2,3)4/h6-11,13,17,20H,5H2,1-4H3. The lowest BCUT2D eigenvalue weighted by Crippen LogP contribution is -2.14. The first kappa shape index (κ1) is 18.3. The Morgan fingerprint density at radius 2 is 2.00 bits per heavy atom. The van der Waals surface area contributed by atoms with Gasteiger partial charge in [0.1, 0.15) is 6.10 Å². The van der Waals surface area contributed by atoms with Gasteiger partial charge in [-0.3, -0.25) is 0 Å². The number of hydrogen-bond acceptors (Lipinski definition) is 4.